The van der Waals surface area contributed by atoms with E-state index in [2.05, 4.69) is 21.0 Å². The number of halogens is 1. The average molecular weight is 295 g/mol. The zero-order valence-electron chi connectivity index (χ0n) is 8.50. The predicted molar refractivity (Wildman–Crippen MR) is 63.2 cm³/mol. The molecule has 0 aliphatic carbocycles. The fourth-order valence-corrected chi connectivity index (χ4v) is 1.77. The quantitative estimate of drug-likeness (QED) is 0.693. The molecular weight excluding hydrogens is 288 g/mol. The van der Waals surface area contributed by atoms with E-state index in [1.807, 2.05) is 0 Å². The third-order valence-corrected chi connectivity index (χ3v) is 2.77. The molecule has 0 aliphatic rings. The van der Waals surface area contributed by atoms with Gasteiger partial charge < -0.3 is 5.11 Å². The summed E-state index contributed by atoms with van der Waals surface area (Å²) in [6.45, 7) is 0. The maximum atomic E-state index is 11.2. The van der Waals surface area contributed by atoms with Crippen molar-refractivity contribution in [3.8, 4) is 5.69 Å². The van der Waals surface area contributed by atoms with Crippen molar-refractivity contribution < 1.29 is 14.7 Å². The van der Waals surface area contributed by atoms with Crippen molar-refractivity contribution in [2.45, 2.75) is 0 Å². The zero-order chi connectivity index (χ0) is 12.4. The van der Waals surface area contributed by atoms with E-state index in [-0.39, 0.29) is 5.56 Å². The molecule has 1 N–H and O–H groups in total. The van der Waals surface area contributed by atoms with Gasteiger partial charge in [0.1, 0.15) is 4.60 Å². The Hall–Kier alpha value is -1.95. The molecule has 17 heavy (non-hydrogen) atoms. The van der Waals surface area contributed by atoms with Crippen LogP contribution in [0.5, 0.6) is 0 Å². The standard InChI is InChI=1S/C11H7BrN2O3/c12-9-5-6-13-14(9)8-3-1-7(2-4-8)10(15)11(16)17/h1-6H,(H,16,17). The molecule has 2 rings (SSSR count). The number of benzene rings is 1. The van der Waals surface area contributed by atoms with Gasteiger partial charge in [0.25, 0.3) is 5.78 Å². The number of carboxylic acids is 1. The Morgan fingerprint density at radius 3 is 2.29 bits per heavy atom. The summed E-state index contributed by atoms with van der Waals surface area (Å²) in [5.41, 5.74) is 0.883. The van der Waals surface area contributed by atoms with Crippen molar-refractivity contribution in [3.63, 3.8) is 0 Å². The van der Waals surface area contributed by atoms with Gasteiger partial charge in [-0.3, -0.25) is 4.79 Å². The highest BCUT2D eigenvalue weighted by atomic mass is 79.9. The van der Waals surface area contributed by atoms with Gasteiger partial charge >= 0.3 is 5.97 Å². The first kappa shape index (κ1) is 11.5. The molecule has 1 aromatic carbocycles. The molecule has 2 aromatic rings. The molecule has 0 saturated carbocycles. The summed E-state index contributed by atoms with van der Waals surface area (Å²) < 4.78 is 2.39. The van der Waals surface area contributed by atoms with Gasteiger partial charge in [-0.05, 0) is 46.3 Å². The molecule has 0 unspecified atom stereocenters. The number of carbonyl (C=O) groups excluding carboxylic acids is 1. The number of rotatable bonds is 3. The number of Topliss-reactive ketones (excluding diaryl/α,β-unsaturated/α-hetero) is 1. The molecule has 0 fully saturated rings. The van der Waals surface area contributed by atoms with Crippen LogP contribution < -0.4 is 0 Å². The fraction of sp³-hybridized carbons (Fsp3) is 0. The van der Waals surface area contributed by atoms with E-state index < -0.39 is 11.8 Å². The Morgan fingerprint density at radius 2 is 1.82 bits per heavy atom. The molecule has 1 heterocycles. The molecule has 0 radical (unpaired) electrons. The van der Waals surface area contributed by atoms with E-state index in [1.165, 1.54) is 12.1 Å². The van der Waals surface area contributed by atoms with E-state index in [0.717, 1.165) is 10.3 Å². The number of hydrogen-bond acceptors (Lipinski definition) is 3. The topological polar surface area (TPSA) is 72.2 Å². The van der Waals surface area contributed by atoms with Crippen LogP contribution in [0.25, 0.3) is 5.69 Å². The molecule has 0 amide bonds. The highest BCUT2D eigenvalue weighted by molar-refractivity contribution is 9.10. The first-order valence-corrected chi connectivity index (χ1v) is 5.46. The van der Waals surface area contributed by atoms with E-state index in [9.17, 15) is 9.59 Å². The van der Waals surface area contributed by atoms with Crippen LogP contribution in [-0.4, -0.2) is 26.6 Å². The van der Waals surface area contributed by atoms with Gasteiger partial charge in [-0.15, -0.1) is 0 Å². The number of ketones is 1. The van der Waals surface area contributed by atoms with Crippen LogP contribution in [0.15, 0.2) is 41.1 Å². The van der Waals surface area contributed by atoms with Gasteiger partial charge in [0.15, 0.2) is 0 Å². The minimum absolute atomic E-state index is 0.143. The zero-order valence-corrected chi connectivity index (χ0v) is 10.1. The molecule has 0 atom stereocenters. The second kappa shape index (κ2) is 4.50. The van der Waals surface area contributed by atoms with Crippen LogP contribution in [0.3, 0.4) is 0 Å². The Labute approximate surface area is 105 Å². The van der Waals surface area contributed by atoms with Crippen LogP contribution >= 0.6 is 15.9 Å². The van der Waals surface area contributed by atoms with Crippen LogP contribution in [0, 0.1) is 0 Å². The van der Waals surface area contributed by atoms with Gasteiger partial charge in [0.2, 0.25) is 0 Å². The first-order valence-electron chi connectivity index (χ1n) is 4.67. The summed E-state index contributed by atoms with van der Waals surface area (Å²) >= 11 is 3.31. The van der Waals surface area contributed by atoms with Gasteiger partial charge in [0, 0.05) is 5.56 Å². The molecule has 0 aliphatic heterocycles. The summed E-state index contributed by atoms with van der Waals surface area (Å²) in [5.74, 6) is -2.38. The SMILES string of the molecule is O=C(O)C(=O)c1ccc(-n2nccc2Br)cc1. The Morgan fingerprint density at radius 1 is 1.18 bits per heavy atom. The number of hydrogen-bond donors (Lipinski definition) is 1. The Kier molecular flexibility index (Phi) is 3.06. The molecular formula is C11H7BrN2O3. The van der Waals surface area contributed by atoms with Crippen molar-refractivity contribution in [1.29, 1.82) is 0 Å². The summed E-state index contributed by atoms with van der Waals surface area (Å²) in [6.07, 6.45) is 1.63. The van der Waals surface area contributed by atoms with Crippen molar-refractivity contribution in [2.24, 2.45) is 0 Å². The highest BCUT2D eigenvalue weighted by Crippen LogP contribution is 2.16. The summed E-state index contributed by atoms with van der Waals surface area (Å²) in [5, 5.41) is 12.6. The van der Waals surface area contributed by atoms with Gasteiger partial charge in [-0.2, -0.15) is 5.10 Å². The lowest BCUT2D eigenvalue weighted by Gasteiger charge is -2.03. The minimum Gasteiger partial charge on any atom is -0.475 e. The van der Waals surface area contributed by atoms with Crippen molar-refractivity contribution in [2.75, 3.05) is 0 Å². The molecule has 0 bridgehead atoms. The van der Waals surface area contributed by atoms with Crippen LogP contribution in [0.4, 0.5) is 0 Å². The number of carbonyl (C=O) groups is 2. The first-order chi connectivity index (χ1) is 8.09. The molecule has 5 nitrogen and oxygen atoms in total. The maximum Gasteiger partial charge on any atom is 0.377 e. The number of nitrogens with zero attached hydrogens (tertiary/aromatic N) is 2. The summed E-state index contributed by atoms with van der Waals surface area (Å²) in [6, 6.07) is 7.96. The van der Waals surface area contributed by atoms with Crippen LogP contribution in [-0.2, 0) is 4.79 Å². The monoisotopic (exact) mass is 294 g/mol. The van der Waals surface area contributed by atoms with E-state index in [1.54, 1.807) is 29.1 Å². The van der Waals surface area contributed by atoms with Crippen molar-refractivity contribution in [3.05, 3.63) is 46.7 Å². The molecule has 6 heteroatoms. The van der Waals surface area contributed by atoms with E-state index >= 15 is 0 Å². The smallest absolute Gasteiger partial charge is 0.377 e. The fourth-order valence-electron chi connectivity index (χ4n) is 1.35. The van der Waals surface area contributed by atoms with Gasteiger partial charge in [-0.25, -0.2) is 9.48 Å². The summed E-state index contributed by atoms with van der Waals surface area (Å²) in [7, 11) is 0. The molecule has 0 spiro atoms. The number of aromatic nitrogens is 2. The molecule has 86 valence electrons. The molecule has 1 aromatic heterocycles. The number of carboxylic acid groups (broad SMARTS) is 1. The largest absolute Gasteiger partial charge is 0.475 e. The maximum absolute atomic E-state index is 11.2. The Balaban J connectivity index is 2.34. The van der Waals surface area contributed by atoms with E-state index in [0.29, 0.717) is 0 Å². The lowest BCUT2D eigenvalue weighted by atomic mass is 10.1. The highest BCUT2D eigenvalue weighted by Gasteiger charge is 2.14. The normalized spacial score (nSPS) is 10.2. The second-order valence-corrected chi connectivity index (χ2v) is 4.06. The van der Waals surface area contributed by atoms with E-state index in [4.69, 9.17) is 5.11 Å². The molecule has 0 saturated heterocycles. The number of aliphatic carboxylic acids is 1. The van der Waals surface area contributed by atoms with Crippen molar-refractivity contribution >= 4 is 27.7 Å². The second-order valence-electron chi connectivity index (χ2n) is 3.25. The third kappa shape index (κ3) is 2.26. The van der Waals surface area contributed by atoms with Gasteiger partial charge in [0.05, 0.1) is 11.9 Å². The lowest BCUT2D eigenvalue weighted by molar-refractivity contribution is -0.131. The Bertz CT molecular complexity index is 575. The predicted octanol–water partition coefficient (Wildman–Crippen LogP) is 1.90. The van der Waals surface area contributed by atoms with Gasteiger partial charge in [-0.1, -0.05) is 0 Å². The third-order valence-electron chi connectivity index (χ3n) is 2.16. The van der Waals surface area contributed by atoms with Crippen LogP contribution in [0.2, 0.25) is 0 Å². The summed E-state index contributed by atoms with van der Waals surface area (Å²) in [4.78, 5) is 21.7. The minimum atomic E-state index is -1.46. The van der Waals surface area contributed by atoms with Crippen molar-refractivity contribution in [1.82, 2.24) is 9.78 Å². The average Bonchev–Trinajstić information content (AvgIpc) is 2.74. The van der Waals surface area contributed by atoms with Crippen LogP contribution in [0.1, 0.15) is 10.4 Å². The lowest BCUT2D eigenvalue weighted by Crippen LogP contribution is -2.12.